The molecule has 0 bridgehead atoms. The second-order valence-corrected chi connectivity index (χ2v) is 4.73. The molecule has 1 fully saturated rings. The molecule has 0 aromatic heterocycles. The predicted octanol–water partition coefficient (Wildman–Crippen LogP) is 1.64. The Bertz CT molecular complexity index is 405. The van der Waals surface area contributed by atoms with Crippen molar-refractivity contribution < 1.29 is 10.0 Å². The maximum Gasteiger partial charge on any atom is 0.269 e. The van der Waals surface area contributed by atoms with Crippen LogP contribution in [-0.4, -0.2) is 28.7 Å². The number of hydrogen-bond acceptors (Lipinski definition) is 4. The van der Waals surface area contributed by atoms with Gasteiger partial charge in [-0.25, -0.2) is 0 Å². The lowest BCUT2D eigenvalue weighted by atomic mass is 10.1. The average molecular weight is 250 g/mol. The number of hydrogen-bond donors (Lipinski definition) is 2. The van der Waals surface area contributed by atoms with Crippen LogP contribution in [0.4, 0.5) is 5.69 Å². The van der Waals surface area contributed by atoms with Crippen molar-refractivity contribution in [3.63, 3.8) is 0 Å². The highest BCUT2D eigenvalue weighted by atomic mass is 16.6. The van der Waals surface area contributed by atoms with Crippen molar-refractivity contribution in [3.8, 4) is 0 Å². The van der Waals surface area contributed by atoms with Crippen molar-refractivity contribution in [3.05, 3.63) is 39.9 Å². The van der Waals surface area contributed by atoms with E-state index in [0.717, 1.165) is 37.8 Å². The molecule has 5 nitrogen and oxygen atoms in total. The van der Waals surface area contributed by atoms with E-state index in [4.69, 9.17) is 0 Å². The molecule has 0 saturated heterocycles. The highest BCUT2D eigenvalue weighted by Gasteiger charge is 2.23. The maximum absolute atomic E-state index is 10.5. The molecule has 0 amide bonds. The molecule has 1 aromatic rings. The third-order valence-corrected chi connectivity index (χ3v) is 3.45. The highest BCUT2D eigenvalue weighted by molar-refractivity contribution is 5.32. The van der Waals surface area contributed by atoms with Crippen LogP contribution in [-0.2, 0) is 6.42 Å². The van der Waals surface area contributed by atoms with E-state index in [0.29, 0.717) is 0 Å². The van der Waals surface area contributed by atoms with Crippen LogP contribution in [0.1, 0.15) is 24.8 Å². The van der Waals surface area contributed by atoms with E-state index in [1.807, 2.05) is 0 Å². The van der Waals surface area contributed by atoms with Crippen LogP contribution in [0.25, 0.3) is 0 Å². The molecular weight excluding hydrogens is 232 g/mol. The Kier molecular flexibility index (Phi) is 4.28. The van der Waals surface area contributed by atoms with E-state index in [1.54, 1.807) is 12.1 Å². The van der Waals surface area contributed by atoms with E-state index in [-0.39, 0.29) is 17.8 Å². The normalized spacial score (nSPS) is 23.2. The smallest absolute Gasteiger partial charge is 0.269 e. The van der Waals surface area contributed by atoms with Gasteiger partial charge in [0.05, 0.1) is 11.0 Å². The molecule has 1 aliphatic carbocycles. The quantitative estimate of drug-likeness (QED) is 0.615. The number of nitrogens with one attached hydrogen (secondary N) is 1. The topological polar surface area (TPSA) is 75.4 Å². The van der Waals surface area contributed by atoms with Gasteiger partial charge in [0.1, 0.15) is 0 Å². The molecule has 0 heterocycles. The Morgan fingerprint density at radius 2 is 2.06 bits per heavy atom. The van der Waals surface area contributed by atoms with Crippen molar-refractivity contribution in [1.29, 1.82) is 0 Å². The van der Waals surface area contributed by atoms with E-state index in [9.17, 15) is 15.2 Å². The second-order valence-electron chi connectivity index (χ2n) is 4.73. The van der Waals surface area contributed by atoms with Crippen LogP contribution < -0.4 is 5.32 Å². The first kappa shape index (κ1) is 13.0. The third-order valence-electron chi connectivity index (χ3n) is 3.45. The molecule has 2 atom stereocenters. The summed E-state index contributed by atoms with van der Waals surface area (Å²) in [6.07, 6.45) is 3.59. The van der Waals surface area contributed by atoms with Crippen molar-refractivity contribution in [2.45, 2.75) is 37.8 Å². The first-order chi connectivity index (χ1) is 8.66. The molecule has 0 aliphatic heterocycles. The van der Waals surface area contributed by atoms with Gasteiger partial charge in [0.2, 0.25) is 0 Å². The summed E-state index contributed by atoms with van der Waals surface area (Å²) in [7, 11) is 0. The van der Waals surface area contributed by atoms with Gasteiger partial charge >= 0.3 is 0 Å². The SMILES string of the molecule is O=[N+]([O-])c1ccc(CCN[C@@H]2CCC[C@H]2O)cc1. The minimum atomic E-state index is -0.392. The molecule has 1 aromatic carbocycles. The lowest BCUT2D eigenvalue weighted by molar-refractivity contribution is -0.384. The standard InChI is InChI=1S/C13H18N2O3/c16-13-3-1-2-12(13)14-9-8-10-4-6-11(7-5-10)15(17)18/h4-7,12-14,16H,1-3,8-9H2/t12-,13-/m1/s1. The lowest BCUT2D eigenvalue weighted by Crippen LogP contribution is -2.36. The fourth-order valence-corrected chi connectivity index (χ4v) is 2.36. The minimum absolute atomic E-state index is 0.123. The molecule has 2 N–H and O–H groups in total. The number of aliphatic hydroxyl groups excluding tert-OH is 1. The number of aliphatic hydroxyl groups is 1. The maximum atomic E-state index is 10.5. The third kappa shape index (κ3) is 3.27. The van der Waals surface area contributed by atoms with Gasteiger partial charge < -0.3 is 10.4 Å². The van der Waals surface area contributed by atoms with Crippen molar-refractivity contribution >= 4 is 5.69 Å². The lowest BCUT2D eigenvalue weighted by Gasteiger charge is -2.16. The van der Waals surface area contributed by atoms with Gasteiger partial charge in [0.25, 0.3) is 5.69 Å². The molecular formula is C13H18N2O3. The molecule has 1 saturated carbocycles. The summed E-state index contributed by atoms with van der Waals surface area (Å²) < 4.78 is 0. The number of nitrogens with zero attached hydrogens (tertiary/aromatic N) is 1. The fourth-order valence-electron chi connectivity index (χ4n) is 2.36. The summed E-state index contributed by atoms with van der Waals surface area (Å²) in [6, 6.07) is 6.83. The summed E-state index contributed by atoms with van der Waals surface area (Å²) in [5, 5.41) is 23.5. The Labute approximate surface area is 106 Å². The van der Waals surface area contributed by atoms with Crippen molar-refractivity contribution in [1.82, 2.24) is 5.32 Å². The molecule has 5 heteroatoms. The molecule has 0 spiro atoms. The largest absolute Gasteiger partial charge is 0.392 e. The van der Waals surface area contributed by atoms with Crippen LogP contribution in [0.5, 0.6) is 0 Å². The number of rotatable bonds is 5. The van der Waals surface area contributed by atoms with Crippen LogP contribution in [0.3, 0.4) is 0 Å². The van der Waals surface area contributed by atoms with Gasteiger partial charge in [-0.15, -0.1) is 0 Å². The zero-order valence-corrected chi connectivity index (χ0v) is 10.2. The Morgan fingerprint density at radius 1 is 1.33 bits per heavy atom. The van der Waals surface area contributed by atoms with Crippen LogP contribution in [0.15, 0.2) is 24.3 Å². The van der Waals surface area contributed by atoms with E-state index < -0.39 is 4.92 Å². The van der Waals surface area contributed by atoms with Gasteiger partial charge in [0, 0.05) is 18.2 Å². The van der Waals surface area contributed by atoms with E-state index in [1.165, 1.54) is 12.1 Å². The summed E-state index contributed by atoms with van der Waals surface area (Å²) in [4.78, 5) is 10.1. The molecule has 0 unspecified atom stereocenters. The van der Waals surface area contributed by atoms with E-state index in [2.05, 4.69) is 5.32 Å². The van der Waals surface area contributed by atoms with Crippen LogP contribution in [0, 0.1) is 10.1 Å². The average Bonchev–Trinajstić information content (AvgIpc) is 2.76. The van der Waals surface area contributed by atoms with Crippen LogP contribution in [0.2, 0.25) is 0 Å². The number of non-ortho nitro benzene ring substituents is 1. The number of nitro groups is 1. The predicted molar refractivity (Wildman–Crippen MR) is 68.4 cm³/mol. The van der Waals surface area contributed by atoms with E-state index >= 15 is 0 Å². The summed E-state index contributed by atoms with van der Waals surface area (Å²) in [6.45, 7) is 0.791. The van der Waals surface area contributed by atoms with Gasteiger partial charge in [-0.05, 0) is 37.8 Å². The molecule has 1 aliphatic rings. The summed E-state index contributed by atoms with van der Waals surface area (Å²) >= 11 is 0. The summed E-state index contributed by atoms with van der Waals surface area (Å²) in [5.41, 5.74) is 1.19. The Morgan fingerprint density at radius 3 is 2.61 bits per heavy atom. The Hall–Kier alpha value is -1.46. The summed E-state index contributed by atoms with van der Waals surface area (Å²) in [5.74, 6) is 0. The molecule has 98 valence electrons. The minimum Gasteiger partial charge on any atom is -0.392 e. The Balaban J connectivity index is 1.78. The highest BCUT2D eigenvalue weighted by Crippen LogP contribution is 2.18. The molecule has 18 heavy (non-hydrogen) atoms. The van der Waals surface area contributed by atoms with Crippen molar-refractivity contribution in [2.24, 2.45) is 0 Å². The number of nitro benzene ring substituents is 1. The van der Waals surface area contributed by atoms with Crippen molar-refractivity contribution in [2.75, 3.05) is 6.54 Å². The first-order valence-corrected chi connectivity index (χ1v) is 6.31. The monoisotopic (exact) mass is 250 g/mol. The van der Waals surface area contributed by atoms with Crippen LogP contribution >= 0.6 is 0 Å². The molecule has 0 radical (unpaired) electrons. The van der Waals surface area contributed by atoms with Gasteiger partial charge in [-0.1, -0.05) is 12.1 Å². The molecule has 2 rings (SSSR count). The fraction of sp³-hybridized carbons (Fsp3) is 0.538. The zero-order chi connectivity index (χ0) is 13.0. The zero-order valence-electron chi connectivity index (χ0n) is 10.2. The van der Waals surface area contributed by atoms with Gasteiger partial charge in [0.15, 0.2) is 0 Å². The van der Waals surface area contributed by atoms with Gasteiger partial charge in [-0.2, -0.15) is 0 Å². The van der Waals surface area contributed by atoms with Gasteiger partial charge in [-0.3, -0.25) is 10.1 Å². The first-order valence-electron chi connectivity index (χ1n) is 6.31. The number of benzene rings is 1. The second kappa shape index (κ2) is 5.93.